The standard InChI is InChI=1S/C16H11FO4/c17-13-6-2-1-5-11(13)12(16(18)19)8-10-4-3-7-14-15(10)21-9-20-14/h1-8H,9H2,(H,18,19)/b12-8+. The van der Waals surface area contributed by atoms with Crippen LogP contribution in [0.3, 0.4) is 0 Å². The van der Waals surface area contributed by atoms with Crippen molar-refractivity contribution in [2.75, 3.05) is 6.79 Å². The van der Waals surface area contributed by atoms with Gasteiger partial charge in [0.2, 0.25) is 6.79 Å². The van der Waals surface area contributed by atoms with Crippen LogP contribution in [0, 0.1) is 5.82 Å². The lowest BCUT2D eigenvalue weighted by Crippen LogP contribution is -2.02. The third-order valence-electron chi connectivity index (χ3n) is 3.12. The van der Waals surface area contributed by atoms with E-state index in [4.69, 9.17) is 9.47 Å². The molecule has 4 nitrogen and oxygen atoms in total. The number of fused-ring (bicyclic) bond motifs is 1. The Hall–Kier alpha value is -2.82. The number of carboxylic acids is 1. The molecule has 0 unspecified atom stereocenters. The van der Waals surface area contributed by atoms with Gasteiger partial charge in [0.1, 0.15) is 5.82 Å². The minimum atomic E-state index is -1.21. The van der Waals surface area contributed by atoms with Gasteiger partial charge in [-0.1, -0.05) is 30.3 Å². The van der Waals surface area contributed by atoms with Crippen molar-refractivity contribution >= 4 is 17.6 Å². The molecule has 0 aliphatic carbocycles. The maximum Gasteiger partial charge on any atom is 0.336 e. The maximum absolute atomic E-state index is 13.8. The predicted octanol–water partition coefficient (Wildman–Crippen LogP) is 3.18. The number of carboxylic acid groups (broad SMARTS) is 1. The Morgan fingerprint density at radius 1 is 1.14 bits per heavy atom. The zero-order chi connectivity index (χ0) is 14.8. The molecule has 1 aliphatic rings. The molecular formula is C16H11FO4. The molecule has 106 valence electrons. The summed E-state index contributed by atoms with van der Waals surface area (Å²) in [6, 6.07) is 10.9. The normalized spacial score (nSPS) is 13.3. The van der Waals surface area contributed by atoms with Crippen molar-refractivity contribution in [3.63, 3.8) is 0 Å². The number of benzene rings is 2. The fraction of sp³-hybridized carbons (Fsp3) is 0.0625. The van der Waals surface area contributed by atoms with Gasteiger partial charge in [0.25, 0.3) is 0 Å². The van der Waals surface area contributed by atoms with E-state index in [1.54, 1.807) is 24.3 Å². The summed E-state index contributed by atoms with van der Waals surface area (Å²) < 4.78 is 24.4. The minimum absolute atomic E-state index is 0.0292. The molecule has 1 heterocycles. The summed E-state index contributed by atoms with van der Waals surface area (Å²) in [5.74, 6) is -0.790. The summed E-state index contributed by atoms with van der Waals surface area (Å²) in [6.45, 7) is 0.0856. The lowest BCUT2D eigenvalue weighted by Gasteiger charge is -2.06. The first kappa shape index (κ1) is 13.2. The van der Waals surface area contributed by atoms with Gasteiger partial charge >= 0.3 is 5.97 Å². The molecule has 5 heteroatoms. The Bertz CT molecular complexity index is 737. The van der Waals surface area contributed by atoms with Crippen LogP contribution in [0.5, 0.6) is 11.5 Å². The van der Waals surface area contributed by atoms with E-state index in [2.05, 4.69) is 0 Å². The molecule has 2 aromatic carbocycles. The first-order valence-electron chi connectivity index (χ1n) is 6.25. The van der Waals surface area contributed by atoms with Crippen LogP contribution in [-0.2, 0) is 4.79 Å². The summed E-state index contributed by atoms with van der Waals surface area (Å²) in [5, 5.41) is 9.35. The molecule has 0 amide bonds. The van der Waals surface area contributed by atoms with E-state index in [1.807, 2.05) is 0 Å². The van der Waals surface area contributed by atoms with E-state index in [9.17, 15) is 14.3 Å². The smallest absolute Gasteiger partial charge is 0.336 e. The summed E-state index contributed by atoms with van der Waals surface area (Å²) in [4.78, 5) is 11.4. The lowest BCUT2D eigenvalue weighted by atomic mass is 10.0. The highest BCUT2D eigenvalue weighted by atomic mass is 19.1. The number of ether oxygens (including phenoxy) is 2. The zero-order valence-electron chi connectivity index (χ0n) is 10.9. The molecule has 0 fully saturated rings. The maximum atomic E-state index is 13.8. The molecule has 2 aromatic rings. The molecule has 0 aromatic heterocycles. The molecule has 3 rings (SSSR count). The van der Waals surface area contributed by atoms with E-state index >= 15 is 0 Å². The van der Waals surface area contributed by atoms with Gasteiger partial charge in [-0.15, -0.1) is 0 Å². The molecule has 0 saturated heterocycles. The summed E-state index contributed by atoms with van der Waals surface area (Å²) >= 11 is 0. The van der Waals surface area contributed by atoms with Crippen molar-refractivity contribution < 1.29 is 23.8 Å². The number of hydrogen-bond acceptors (Lipinski definition) is 3. The fourth-order valence-corrected chi connectivity index (χ4v) is 2.16. The molecule has 0 radical (unpaired) electrons. The molecule has 0 spiro atoms. The highest BCUT2D eigenvalue weighted by Crippen LogP contribution is 2.37. The number of hydrogen-bond donors (Lipinski definition) is 1. The summed E-state index contributed by atoms with van der Waals surface area (Å²) in [7, 11) is 0. The van der Waals surface area contributed by atoms with Gasteiger partial charge in [-0.05, 0) is 18.2 Å². The molecule has 0 atom stereocenters. The lowest BCUT2D eigenvalue weighted by molar-refractivity contribution is -0.130. The van der Waals surface area contributed by atoms with Gasteiger partial charge in [0, 0.05) is 11.1 Å². The Labute approximate surface area is 120 Å². The highest BCUT2D eigenvalue weighted by Gasteiger charge is 2.19. The molecular weight excluding hydrogens is 275 g/mol. The van der Waals surface area contributed by atoms with E-state index < -0.39 is 11.8 Å². The first-order valence-corrected chi connectivity index (χ1v) is 6.25. The van der Waals surface area contributed by atoms with Crippen molar-refractivity contribution in [2.24, 2.45) is 0 Å². The van der Waals surface area contributed by atoms with Gasteiger partial charge in [-0.25, -0.2) is 9.18 Å². The van der Waals surface area contributed by atoms with Gasteiger partial charge < -0.3 is 14.6 Å². The van der Waals surface area contributed by atoms with Crippen LogP contribution in [0.1, 0.15) is 11.1 Å². The average Bonchev–Trinajstić information content (AvgIpc) is 2.94. The number of para-hydroxylation sites is 1. The van der Waals surface area contributed by atoms with Gasteiger partial charge in [-0.3, -0.25) is 0 Å². The van der Waals surface area contributed by atoms with Crippen LogP contribution >= 0.6 is 0 Å². The van der Waals surface area contributed by atoms with Crippen LogP contribution in [0.4, 0.5) is 4.39 Å². The third kappa shape index (κ3) is 2.45. The van der Waals surface area contributed by atoms with E-state index in [-0.39, 0.29) is 17.9 Å². The molecule has 1 aliphatic heterocycles. The topological polar surface area (TPSA) is 55.8 Å². The Balaban J connectivity index is 2.13. The van der Waals surface area contributed by atoms with Crippen LogP contribution in [0.25, 0.3) is 11.6 Å². The molecule has 1 N–H and O–H groups in total. The number of aliphatic carboxylic acids is 1. The second kappa shape index (κ2) is 5.28. The summed E-state index contributed by atoms with van der Waals surface area (Å²) in [6.07, 6.45) is 1.38. The van der Waals surface area contributed by atoms with Crippen LogP contribution in [0.2, 0.25) is 0 Å². The van der Waals surface area contributed by atoms with Crippen molar-refractivity contribution in [2.45, 2.75) is 0 Å². The van der Waals surface area contributed by atoms with Crippen LogP contribution in [0.15, 0.2) is 42.5 Å². The zero-order valence-corrected chi connectivity index (χ0v) is 10.9. The largest absolute Gasteiger partial charge is 0.478 e. The predicted molar refractivity (Wildman–Crippen MR) is 74.5 cm³/mol. The SMILES string of the molecule is O=C(O)/C(=C/c1cccc2c1OCO2)c1ccccc1F. The molecule has 0 saturated carbocycles. The van der Waals surface area contributed by atoms with E-state index in [0.717, 1.165) is 0 Å². The molecule has 21 heavy (non-hydrogen) atoms. The average molecular weight is 286 g/mol. The van der Waals surface area contributed by atoms with Crippen molar-refractivity contribution in [3.8, 4) is 11.5 Å². The number of carbonyl (C=O) groups is 1. The number of halogens is 1. The molecule has 0 bridgehead atoms. The van der Waals surface area contributed by atoms with E-state index in [1.165, 1.54) is 24.3 Å². The van der Waals surface area contributed by atoms with Gasteiger partial charge in [0.05, 0.1) is 5.57 Å². The monoisotopic (exact) mass is 286 g/mol. The summed E-state index contributed by atoms with van der Waals surface area (Å²) in [5.41, 5.74) is 0.421. The van der Waals surface area contributed by atoms with Crippen molar-refractivity contribution in [1.82, 2.24) is 0 Å². The van der Waals surface area contributed by atoms with E-state index in [0.29, 0.717) is 17.1 Å². The van der Waals surface area contributed by atoms with Crippen LogP contribution < -0.4 is 9.47 Å². The van der Waals surface area contributed by atoms with Gasteiger partial charge in [0.15, 0.2) is 11.5 Å². The van der Waals surface area contributed by atoms with Crippen molar-refractivity contribution in [1.29, 1.82) is 0 Å². The second-order valence-electron chi connectivity index (χ2n) is 4.42. The Morgan fingerprint density at radius 3 is 2.71 bits per heavy atom. The van der Waals surface area contributed by atoms with Gasteiger partial charge in [-0.2, -0.15) is 0 Å². The second-order valence-corrected chi connectivity index (χ2v) is 4.42. The third-order valence-corrected chi connectivity index (χ3v) is 3.12. The fourth-order valence-electron chi connectivity index (χ4n) is 2.16. The Kier molecular flexibility index (Phi) is 3.31. The highest BCUT2D eigenvalue weighted by molar-refractivity contribution is 6.21. The Morgan fingerprint density at radius 2 is 1.95 bits per heavy atom. The van der Waals surface area contributed by atoms with Crippen molar-refractivity contribution in [3.05, 3.63) is 59.4 Å². The minimum Gasteiger partial charge on any atom is -0.478 e. The quantitative estimate of drug-likeness (QED) is 0.695. The first-order chi connectivity index (χ1) is 10.2. The van der Waals surface area contributed by atoms with Crippen LogP contribution in [-0.4, -0.2) is 17.9 Å². The number of rotatable bonds is 3.